The minimum absolute atomic E-state index is 0.00582. The molecule has 0 saturated carbocycles. The first-order chi connectivity index (χ1) is 12.1. The Bertz CT molecular complexity index is 1000. The van der Waals surface area contributed by atoms with E-state index in [1.807, 2.05) is 19.1 Å². The fourth-order valence-electron chi connectivity index (χ4n) is 3.62. The molecular formula is C19H20N4O2. The maximum atomic E-state index is 12.5. The first-order valence-corrected chi connectivity index (χ1v) is 8.55. The van der Waals surface area contributed by atoms with Crippen molar-refractivity contribution in [3.63, 3.8) is 0 Å². The number of fused-ring (bicyclic) bond motifs is 2. The van der Waals surface area contributed by atoms with Crippen molar-refractivity contribution in [2.24, 2.45) is 0 Å². The molecule has 0 bridgehead atoms. The third-order valence-electron chi connectivity index (χ3n) is 4.81. The molecule has 0 aliphatic heterocycles. The lowest BCUT2D eigenvalue weighted by atomic mass is 9.88. The Balaban J connectivity index is 1.56. The van der Waals surface area contributed by atoms with Crippen LogP contribution >= 0.6 is 0 Å². The van der Waals surface area contributed by atoms with E-state index in [2.05, 4.69) is 22.5 Å². The van der Waals surface area contributed by atoms with Gasteiger partial charge in [-0.3, -0.25) is 14.0 Å². The molecule has 0 unspecified atom stereocenters. The van der Waals surface area contributed by atoms with E-state index in [0.717, 1.165) is 19.3 Å². The number of nitrogens with one attached hydrogen (secondary N) is 1. The van der Waals surface area contributed by atoms with E-state index in [9.17, 15) is 9.59 Å². The van der Waals surface area contributed by atoms with E-state index in [1.54, 1.807) is 22.7 Å². The summed E-state index contributed by atoms with van der Waals surface area (Å²) in [5.41, 5.74) is 2.75. The van der Waals surface area contributed by atoms with Gasteiger partial charge in [0.1, 0.15) is 17.9 Å². The predicted octanol–water partition coefficient (Wildman–Crippen LogP) is 2.00. The predicted molar refractivity (Wildman–Crippen MR) is 94.5 cm³/mol. The third-order valence-corrected chi connectivity index (χ3v) is 4.81. The van der Waals surface area contributed by atoms with Gasteiger partial charge in [0, 0.05) is 6.20 Å². The van der Waals surface area contributed by atoms with Gasteiger partial charge in [0.05, 0.1) is 6.04 Å². The molecule has 0 saturated heterocycles. The maximum absolute atomic E-state index is 12.5. The second-order valence-electron chi connectivity index (χ2n) is 6.48. The molecule has 128 valence electrons. The smallest absolute Gasteiger partial charge is 0.291 e. The van der Waals surface area contributed by atoms with Gasteiger partial charge in [-0.05, 0) is 49.4 Å². The normalized spacial score (nSPS) is 16.6. The topological polar surface area (TPSA) is 68.4 Å². The van der Waals surface area contributed by atoms with Gasteiger partial charge in [-0.1, -0.05) is 24.3 Å². The van der Waals surface area contributed by atoms with Crippen molar-refractivity contribution < 1.29 is 4.79 Å². The summed E-state index contributed by atoms with van der Waals surface area (Å²) >= 11 is 0. The van der Waals surface area contributed by atoms with Crippen molar-refractivity contribution in [1.82, 2.24) is 19.5 Å². The van der Waals surface area contributed by atoms with Crippen molar-refractivity contribution in [2.75, 3.05) is 0 Å². The summed E-state index contributed by atoms with van der Waals surface area (Å²) in [5.74, 6) is 0.488. The van der Waals surface area contributed by atoms with Crippen LogP contribution in [0.4, 0.5) is 0 Å². The van der Waals surface area contributed by atoms with Crippen molar-refractivity contribution in [1.29, 1.82) is 0 Å². The number of aromatic nitrogens is 3. The Morgan fingerprint density at radius 1 is 1.28 bits per heavy atom. The second-order valence-corrected chi connectivity index (χ2v) is 6.48. The van der Waals surface area contributed by atoms with Gasteiger partial charge in [-0.25, -0.2) is 4.68 Å². The molecule has 1 amide bonds. The number of nitrogens with zero attached hydrogens (tertiary/aromatic N) is 3. The molecule has 3 aromatic rings. The highest BCUT2D eigenvalue weighted by molar-refractivity contribution is 5.76. The van der Waals surface area contributed by atoms with Crippen molar-refractivity contribution in [2.45, 2.75) is 38.8 Å². The van der Waals surface area contributed by atoms with Crippen LogP contribution in [0.5, 0.6) is 0 Å². The standard InChI is InChI=1S/C19H20N4O2/c1-13-21-23(19(25)17-10-5-11-22(13)17)12-18(24)20-16-9-4-7-14-6-2-3-8-15(14)16/h2-3,5-6,8,10-11,16H,4,7,9,12H2,1H3,(H,20,24)/t16-/m0/s1. The lowest BCUT2D eigenvalue weighted by molar-refractivity contribution is -0.122. The summed E-state index contributed by atoms with van der Waals surface area (Å²) < 4.78 is 2.98. The van der Waals surface area contributed by atoms with E-state index in [4.69, 9.17) is 0 Å². The van der Waals surface area contributed by atoms with Crippen LogP contribution in [0.15, 0.2) is 47.4 Å². The first kappa shape index (κ1) is 15.6. The summed E-state index contributed by atoms with van der Waals surface area (Å²) in [6.45, 7) is 1.75. The quantitative estimate of drug-likeness (QED) is 0.795. The van der Waals surface area contributed by atoms with Gasteiger partial charge in [0.25, 0.3) is 5.56 Å². The van der Waals surface area contributed by atoms with E-state index in [1.165, 1.54) is 15.8 Å². The highest BCUT2D eigenvalue weighted by Crippen LogP contribution is 2.29. The SMILES string of the molecule is Cc1nn(CC(=O)N[C@H]2CCCc3ccccc32)c(=O)c2cccn12. The summed E-state index contributed by atoms with van der Waals surface area (Å²) in [6, 6.07) is 11.8. The Kier molecular flexibility index (Phi) is 3.87. The number of amides is 1. The summed E-state index contributed by atoms with van der Waals surface area (Å²) in [4.78, 5) is 25.0. The van der Waals surface area contributed by atoms with Gasteiger partial charge in [0.15, 0.2) is 0 Å². The molecule has 6 nitrogen and oxygen atoms in total. The minimum Gasteiger partial charge on any atom is -0.348 e. The molecule has 1 atom stereocenters. The molecule has 0 radical (unpaired) electrons. The molecular weight excluding hydrogens is 316 g/mol. The Morgan fingerprint density at radius 3 is 3.00 bits per heavy atom. The van der Waals surface area contributed by atoms with Crippen LogP contribution in [0.25, 0.3) is 5.52 Å². The first-order valence-electron chi connectivity index (χ1n) is 8.55. The average Bonchev–Trinajstić information content (AvgIpc) is 3.10. The second kappa shape index (κ2) is 6.20. The van der Waals surface area contributed by atoms with Gasteiger partial charge < -0.3 is 5.32 Å². The van der Waals surface area contributed by atoms with Gasteiger partial charge in [0.2, 0.25) is 5.91 Å². The van der Waals surface area contributed by atoms with E-state index in [0.29, 0.717) is 11.3 Å². The van der Waals surface area contributed by atoms with Gasteiger partial charge in [-0.2, -0.15) is 5.10 Å². The Morgan fingerprint density at radius 2 is 2.12 bits per heavy atom. The van der Waals surface area contributed by atoms with Crippen molar-refractivity contribution >= 4 is 11.4 Å². The van der Waals surface area contributed by atoms with Crippen LogP contribution in [-0.4, -0.2) is 20.1 Å². The molecule has 1 N–H and O–H groups in total. The molecule has 1 aromatic carbocycles. The number of rotatable bonds is 3. The monoisotopic (exact) mass is 336 g/mol. The Hall–Kier alpha value is -2.89. The average molecular weight is 336 g/mol. The summed E-state index contributed by atoms with van der Waals surface area (Å²) in [6.07, 6.45) is 4.81. The molecule has 0 fully saturated rings. The molecule has 1 aliphatic carbocycles. The van der Waals surface area contributed by atoms with Crippen molar-refractivity contribution in [3.05, 3.63) is 69.9 Å². The zero-order valence-corrected chi connectivity index (χ0v) is 14.1. The van der Waals surface area contributed by atoms with Crippen LogP contribution in [0.2, 0.25) is 0 Å². The zero-order valence-electron chi connectivity index (χ0n) is 14.1. The van der Waals surface area contributed by atoms with Crippen LogP contribution in [0.3, 0.4) is 0 Å². The van der Waals surface area contributed by atoms with Gasteiger partial charge >= 0.3 is 0 Å². The molecule has 2 aromatic heterocycles. The third kappa shape index (κ3) is 2.84. The fraction of sp³-hybridized carbons (Fsp3) is 0.316. The number of hydrogen-bond donors (Lipinski definition) is 1. The van der Waals surface area contributed by atoms with Crippen molar-refractivity contribution in [3.8, 4) is 0 Å². The summed E-state index contributed by atoms with van der Waals surface area (Å²) in [5, 5.41) is 7.32. The molecule has 1 aliphatic rings. The van der Waals surface area contributed by atoms with Gasteiger partial charge in [-0.15, -0.1) is 0 Å². The number of carbonyl (C=O) groups is 1. The fourth-order valence-corrected chi connectivity index (χ4v) is 3.62. The lowest BCUT2D eigenvalue weighted by Gasteiger charge is -2.26. The van der Waals surface area contributed by atoms with E-state index < -0.39 is 0 Å². The number of hydrogen-bond acceptors (Lipinski definition) is 3. The van der Waals surface area contributed by atoms with E-state index >= 15 is 0 Å². The van der Waals surface area contributed by atoms with Crippen LogP contribution in [0, 0.1) is 6.92 Å². The number of benzene rings is 1. The summed E-state index contributed by atoms with van der Waals surface area (Å²) in [7, 11) is 0. The highest BCUT2D eigenvalue weighted by atomic mass is 16.2. The molecule has 0 spiro atoms. The number of carbonyl (C=O) groups excluding carboxylic acids is 1. The Labute approximate surface area is 145 Å². The largest absolute Gasteiger partial charge is 0.348 e. The van der Waals surface area contributed by atoms with Crippen LogP contribution in [-0.2, 0) is 17.8 Å². The van der Waals surface area contributed by atoms with Crippen LogP contribution in [0.1, 0.15) is 35.8 Å². The highest BCUT2D eigenvalue weighted by Gasteiger charge is 2.22. The molecule has 25 heavy (non-hydrogen) atoms. The molecule has 6 heteroatoms. The molecule has 4 rings (SSSR count). The minimum atomic E-state index is -0.255. The molecule has 2 heterocycles. The lowest BCUT2D eigenvalue weighted by Crippen LogP contribution is -2.37. The maximum Gasteiger partial charge on any atom is 0.291 e. The number of aryl methyl sites for hydroxylation is 2. The van der Waals surface area contributed by atoms with Crippen LogP contribution < -0.4 is 10.9 Å². The zero-order chi connectivity index (χ0) is 17.4. The van der Waals surface area contributed by atoms with E-state index in [-0.39, 0.29) is 24.1 Å².